The molecule has 0 aliphatic heterocycles. The SMILES string of the molecule is [CH2-]C(CC)C[N-]c1c[c-]cc2ccccc12.[Li+].[Li+].[Li+]. The monoisotopic (exact) mass is 231 g/mol. The van der Waals surface area contributed by atoms with Crippen molar-refractivity contribution >= 4 is 16.5 Å². The second kappa shape index (κ2) is 11.0. The zero-order valence-electron chi connectivity index (χ0n) is 12.6. The summed E-state index contributed by atoms with van der Waals surface area (Å²) in [4.78, 5) is 0. The van der Waals surface area contributed by atoms with Gasteiger partial charge in [0.1, 0.15) is 0 Å². The Bertz CT molecular complexity index is 468. The Labute approximate surface area is 152 Å². The number of hydrogen-bond acceptors (Lipinski definition) is 0. The Hall–Kier alpha value is 0.292. The number of rotatable bonds is 4. The molecule has 1 nitrogen and oxygen atoms in total. The maximum atomic E-state index is 4.61. The van der Waals surface area contributed by atoms with E-state index in [1.165, 1.54) is 10.8 Å². The Balaban J connectivity index is 0. The fraction of sp³-hybridized carbons (Fsp3) is 0.267. The minimum Gasteiger partial charge on any atom is -0.744 e. The third-order valence-corrected chi connectivity index (χ3v) is 2.79. The van der Waals surface area contributed by atoms with E-state index in [4.69, 9.17) is 0 Å². The van der Waals surface area contributed by atoms with E-state index in [1.54, 1.807) is 0 Å². The molecule has 0 aliphatic carbocycles. The van der Waals surface area contributed by atoms with Crippen molar-refractivity contribution in [1.82, 2.24) is 0 Å². The summed E-state index contributed by atoms with van der Waals surface area (Å²) in [6.45, 7) is 6.98. The van der Waals surface area contributed by atoms with Gasteiger partial charge in [-0.3, -0.25) is 5.69 Å². The molecule has 0 aromatic heterocycles. The van der Waals surface area contributed by atoms with E-state index in [0.29, 0.717) is 5.92 Å². The van der Waals surface area contributed by atoms with Crippen LogP contribution < -0.4 is 56.6 Å². The summed E-state index contributed by atoms with van der Waals surface area (Å²) in [6, 6.07) is 15.4. The average molecular weight is 231 g/mol. The zero-order valence-corrected chi connectivity index (χ0v) is 12.6. The van der Waals surface area contributed by atoms with Crippen LogP contribution in [0.15, 0.2) is 36.4 Å². The van der Waals surface area contributed by atoms with Crippen molar-refractivity contribution in [3.8, 4) is 0 Å². The van der Waals surface area contributed by atoms with Crippen molar-refractivity contribution in [1.29, 1.82) is 0 Å². The molecule has 1 atom stereocenters. The molecule has 2 aromatic carbocycles. The van der Waals surface area contributed by atoms with Gasteiger partial charge in [0.2, 0.25) is 0 Å². The van der Waals surface area contributed by atoms with Crippen LogP contribution in [-0.2, 0) is 0 Å². The maximum absolute atomic E-state index is 4.61. The van der Waals surface area contributed by atoms with Gasteiger partial charge in [-0.2, -0.15) is 30.7 Å². The van der Waals surface area contributed by atoms with Crippen LogP contribution in [0.5, 0.6) is 0 Å². The van der Waals surface area contributed by atoms with E-state index in [9.17, 15) is 0 Å². The van der Waals surface area contributed by atoms with Crippen LogP contribution in [0.3, 0.4) is 0 Å². The molecule has 0 bridgehead atoms. The van der Waals surface area contributed by atoms with Gasteiger partial charge in [-0.25, -0.2) is 0 Å². The molecule has 0 N–H and O–H groups in total. The van der Waals surface area contributed by atoms with E-state index in [-0.39, 0.29) is 56.6 Å². The van der Waals surface area contributed by atoms with Gasteiger partial charge < -0.3 is 12.2 Å². The van der Waals surface area contributed by atoms with Crippen LogP contribution in [0.2, 0.25) is 0 Å². The molecular formula is C15H16Li3N. The molecule has 0 radical (unpaired) electrons. The van der Waals surface area contributed by atoms with Crippen molar-refractivity contribution in [2.75, 3.05) is 6.54 Å². The molecule has 84 valence electrons. The summed E-state index contributed by atoms with van der Waals surface area (Å²) in [5.74, 6) is 0.402. The van der Waals surface area contributed by atoms with Crippen LogP contribution in [0, 0.1) is 18.9 Å². The number of fused-ring (bicyclic) bond motifs is 1. The van der Waals surface area contributed by atoms with Gasteiger partial charge in [0.05, 0.1) is 0 Å². The van der Waals surface area contributed by atoms with Crippen molar-refractivity contribution in [2.45, 2.75) is 13.3 Å². The predicted molar refractivity (Wildman–Crippen MR) is 69.8 cm³/mol. The smallest absolute Gasteiger partial charge is 0.744 e. The Morgan fingerprint density at radius 1 is 1.16 bits per heavy atom. The Morgan fingerprint density at radius 3 is 2.53 bits per heavy atom. The van der Waals surface area contributed by atoms with E-state index in [1.807, 2.05) is 24.3 Å². The van der Waals surface area contributed by atoms with Crippen LogP contribution in [0.1, 0.15) is 13.3 Å². The van der Waals surface area contributed by atoms with Gasteiger partial charge in [0.15, 0.2) is 0 Å². The van der Waals surface area contributed by atoms with Crippen LogP contribution >= 0.6 is 0 Å². The zero-order chi connectivity index (χ0) is 11.4. The van der Waals surface area contributed by atoms with Gasteiger partial charge >= 0.3 is 56.6 Å². The third kappa shape index (κ3) is 6.07. The maximum Gasteiger partial charge on any atom is 1.00 e. The van der Waals surface area contributed by atoms with Gasteiger partial charge in [0.25, 0.3) is 0 Å². The summed E-state index contributed by atoms with van der Waals surface area (Å²) in [6.07, 6.45) is 1.07. The van der Waals surface area contributed by atoms with E-state index >= 15 is 0 Å². The Kier molecular flexibility index (Phi) is 12.5. The number of benzene rings is 2. The topological polar surface area (TPSA) is 14.1 Å². The first kappa shape index (κ1) is 21.6. The molecule has 0 spiro atoms. The summed E-state index contributed by atoms with van der Waals surface area (Å²) in [5.41, 5.74) is 1.03. The fourth-order valence-corrected chi connectivity index (χ4v) is 1.63. The van der Waals surface area contributed by atoms with Crippen LogP contribution in [0.25, 0.3) is 16.1 Å². The van der Waals surface area contributed by atoms with Crippen LogP contribution in [0.4, 0.5) is 5.69 Å². The summed E-state index contributed by atoms with van der Waals surface area (Å²) >= 11 is 0. The third-order valence-electron chi connectivity index (χ3n) is 2.79. The first-order chi connectivity index (χ1) is 7.81. The van der Waals surface area contributed by atoms with Crippen molar-refractivity contribution < 1.29 is 56.6 Å². The van der Waals surface area contributed by atoms with Gasteiger partial charge in [-0.05, 0) is 0 Å². The normalized spacial score (nSPS) is 10.6. The molecule has 0 aliphatic rings. The predicted octanol–water partition coefficient (Wildman–Crippen LogP) is -4.48. The van der Waals surface area contributed by atoms with Crippen molar-refractivity contribution in [3.63, 3.8) is 0 Å². The molecule has 0 saturated heterocycles. The summed E-state index contributed by atoms with van der Waals surface area (Å²) < 4.78 is 0. The van der Waals surface area contributed by atoms with Gasteiger partial charge in [-0.15, -0.1) is 16.8 Å². The Morgan fingerprint density at radius 2 is 1.84 bits per heavy atom. The second-order valence-corrected chi connectivity index (χ2v) is 4.04. The summed E-state index contributed by atoms with van der Waals surface area (Å²) in [5, 5.41) is 7.01. The molecule has 19 heavy (non-hydrogen) atoms. The second-order valence-electron chi connectivity index (χ2n) is 4.04. The molecular weight excluding hydrogens is 215 g/mol. The molecule has 1 unspecified atom stereocenters. The van der Waals surface area contributed by atoms with Gasteiger partial charge in [-0.1, -0.05) is 31.5 Å². The minimum absolute atomic E-state index is 0. The van der Waals surface area contributed by atoms with E-state index in [2.05, 4.69) is 37.4 Å². The standard InChI is InChI=1S/C15H16N.3Li/c1-3-12(2)11-16-15-10-6-8-13-7-4-5-9-14(13)15;;;/h4-5,7-10,12H,2-3,11H2,1H3;;;/q-3;3*+1. The van der Waals surface area contributed by atoms with E-state index < -0.39 is 0 Å². The van der Waals surface area contributed by atoms with E-state index in [0.717, 1.165) is 18.7 Å². The first-order valence-corrected chi connectivity index (χ1v) is 5.70. The molecule has 0 saturated carbocycles. The molecule has 4 heteroatoms. The van der Waals surface area contributed by atoms with Gasteiger partial charge in [0, 0.05) is 0 Å². The average Bonchev–Trinajstić information content (AvgIpc) is 2.35. The minimum atomic E-state index is 0. The summed E-state index contributed by atoms with van der Waals surface area (Å²) in [7, 11) is 0. The molecule has 0 fully saturated rings. The molecule has 0 heterocycles. The first-order valence-electron chi connectivity index (χ1n) is 5.70. The number of hydrogen-bond donors (Lipinski definition) is 0. The molecule has 2 aromatic rings. The number of nitrogens with zero attached hydrogens (tertiary/aromatic N) is 1. The van der Waals surface area contributed by atoms with Crippen molar-refractivity contribution in [2.24, 2.45) is 5.92 Å². The fourth-order valence-electron chi connectivity index (χ4n) is 1.63. The van der Waals surface area contributed by atoms with Crippen LogP contribution in [-0.4, -0.2) is 6.54 Å². The largest absolute Gasteiger partial charge is 1.00 e. The molecule has 0 amide bonds. The van der Waals surface area contributed by atoms with Crippen molar-refractivity contribution in [3.05, 3.63) is 54.7 Å². The molecule has 2 rings (SSSR count). The quantitative estimate of drug-likeness (QED) is 0.372.